The summed E-state index contributed by atoms with van der Waals surface area (Å²) in [5.74, 6) is -0.290. The summed E-state index contributed by atoms with van der Waals surface area (Å²) in [6.07, 6.45) is -0.924. The summed E-state index contributed by atoms with van der Waals surface area (Å²) in [4.78, 5) is 13.1. The van der Waals surface area contributed by atoms with Gasteiger partial charge in [0.05, 0.1) is 0 Å². The lowest BCUT2D eigenvalue weighted by Crippen LogP contribution is -2.15. The molecule has 0 aliphatic carbocycles. The number of aliphatic hydroxyl groups is 1. The molecule has 0 radical (unpaired) electrons. The maximum atomic E-state index is 13.1. The first-order chi connectivity index (χ1) is 14.0. The summed E-state index contributed by atoms with van der Waals surface area (Å²) < 4.78 is 0. The van der Waals surface area contributed by atoms with Crippen LogP contribution in [0.25, 0.3) is 10.8 Å². The molecule has 0 aliphatic rings. The molecule has 5 heteroatoms. The summed E-state index contributed by atoms with van der Waals surface area (Å²) in [7, 11) is 0. The summed E-state index contributed by atoms with van der Waals surface area (Å²) in [5, 5.41) is 16.4. The molecule has 4 aromatic carbocycles. The highest BCUT2D eigenvalue weighted by molar-refractivity contribution is 6.36. The van der Waals surface area contributed by atoms with Crippen molar-refractivity contribution in [3.63, 3.8) is 0 Å². The van der Waals surface area contributed by atoms with E-state index in [0.717, 1.165) is 10.8 Å². The number of halogens is 2. The molecule has 29 heavy (non-hydrogen) atoms. The number of anilines is 1. The van der Waals surface area contributed by atoms with E-state index in [1.165, 1.54) is 0 Å². The summed E-state index contributed by atoms with van der Waals surface area (Å²) in [6, 6.07) is 25.1. The topological polar surface area (TPSA) is 49.3 Å². The second-order valence-corrected chi connectivity index (χ2v) is 7.48. The van der Waals surface area contributed by atoms with Gasteiger partial charge in [-0.1, -0.05) is 77.8 Å². The third-order valence-corrected chi connectivity index (χ3v) is 5.35. The van der Waals surface area contributed by atoms with Gasteiger partial charge in [-0.3, -0.25) is 4.79 Å². The minimum absolute atomic E-state index is 0.290. The highest BCUT2D eigenvalue weighted by Crippen LogP contribution is 2.32. The van der Waals surface area contributed by atoms with E-state index in [1.807, 2.05) is 48.5 Å². The van der Waals surface area contributed by atoms with Gasteiger partial charge in [0.2, 0.25) is 0 Å². The van der Waals surface area contributed by atoms with Crippen LogP contribution in [0.1, 0.15) is 27.6 Å². The normalized spacial score (nSPS) is 12.0. The Hall–Kier alpha value is -2.85. The van der Waals surface area contributed by atoms with Crippen molar-refractivity contribution in [1.82, 2.24) is 0 Å². The zero-order valence-electron chi connectivity index (χ0n) is 15.3. The van der Waals surface area contributed by atoms with Gasteiger partial charge in [0.15, 0.2) is 0 Å². The van der Waals surface area contributed by atoms with Crippen molar-refractivity contribution in [3.8, 4) is 0 Å². The van der Waals surface area contributed by atoms with Gasteiger partial charge in [-0.2, -0.15) is 0 Å². The van der Waals surface area contributed by atoms with Gasteiger partial charge >= 0.3 is 0 Å². The summed E-state index contributed by atoms with van der Waals surface area (Å²) >= 11 is 12.4. The number of fused-ring (bicyclic) bond motifs is 1. The molecule has 3 nitrogen and oxygen atoms in total. The smallest absolute Gasteiger partial charge is 0.256 e. The first-order valence-corrected chi connectivity index (χ1v) is 9.81. The molecule has 0 fully saturated rings. The number of rotatable bonds is 4. The number of carbonyl (C=O) groups excluding carboxylic acids is 1. The first-order valence-electron chi connectivity index (χ1n) is 9.05. The number of benzene rings is 4. The second-order valence-electron chi connectivity index (χ2n) is 6.64. The SMILES string of the molecule is O=C(Nc1ccc(Cl)cc1[C@@H](O)c1ccccc1)c1cccc2c(Cl)cccc12. The molecule has 0 spiro atoms. The quantitative estimate of drug-likeness (QED) is 0.396. The molecule has 4 rings (SSSR count). The molecular formula is C24H17Cl2NO2. The molecule has 144 valence electrons. The van der Waals surface area contributed by atoms with Gasteiger partial charge in [0.1, 0.15) is 6.10 Å². The fraction of sp³-hybridized carbons (Fsp3) is 0.0417. The second kappa shape index (κ2) is 8.26. The Bertz CT molecular complexity index is 1190. The van der Waals surface area contributed by atoms with E-state index in [4.69, 9.17) is 23.2 Å². The van der Waals surface area contributed by atoms with Crippen LogP contribution in [0.3, 0.4) is 0 Å². The number of hydrogen-bond acceptors (Lipinski definition) is 2. The van der Waals surface area contributed by atoms with Crippen molar-refractivity contribution < 1.29 is 9.90 Å². The summed E-state index contributed by atoms with van der Waals surface area (Å²) in [5.41, 5.74) is 2.23. The van der Waals surface area contributed by atoms with E-state index in [0.29, 0.717) is 32.4 Å². The van der Waals surface area contributed by atoms with Crippen molar-refractivity contribution >= 4 is 45.6 Å². The molecule has 1 amide bonds. The molecule has 2 N–H and O–H groups in total. The van der Waals surface area contributed by atoms with E-state index in [-0.39, 0.29) is 5.91 Å². The van der Waals surface area contributed by atoms with Crippen LogP contribution in [-0.4, -0.2) is 11.0 Å². The van der Waals surface area contributed by atoms with Crippen LogP contribution < -0.4 is 5.32 Å². The third kappa shape index (κ3) is 3.99. The van der Waals surface area contributed by atoms with Crippen molar-refractivity contribution in [2.45, 2.75) is 6.10 Å². The fourth-order valence-electron chi connectivity index (χ4n) is 3.35. The van der Waals surface area contributed by atoms with Crippen molar-refractivity contribution in [3.05, 3.63) is 112 Å². The minimum atomic E-state index is -0.924. The van der Waals surface area contributed by atoms with Gasteiger partial charge < -0.3 is 10.4 Å². The Balaban J connectivity index is 1.72. The molecule has 0 aliphatic heterocycles. The first kappa shape index (κ1) is 19.5. The lowest BCUT2D eigenvalue weighted by atomic mass is 9.99. The molecule has 0 unspecified atom stereocenters. The fourth-order valence-corrected chi connectivity index (χ4v) is 3.77. The lowest BCUT2D eigenvalue weighted by molar-refractivity contribution is 0.102. The molecule has 0 saturated carbocycles. The van der Waals surface area contributed by atoms with Crippen LogP contribution in [0.2, 0.25) is 10.0 Å². The van der Waals surface area contributed by atoms with Crippen molar-refractivity contribution in [2.24, 2.45) is 0 Å². The van der Waals surface area contributed by atoms with Crippen LogP contribution in [0.15, 0.2) is 84.9 Å². The average Bonchev–Trinajstić information content (AvgIpc) is 2.75. The molecule has 0 bridgehead atoms. The predicted molar refractivity (Wildman–Crippen MR) is 119 cm³/mol. The minimum Gasteiger partial charge on any atom is -0.384 e. The third-order valence-electron chi connectivity index (χ3n) is 4.79. The number of carbonyl (C=O) groups is 1. The number of nitrogens with one attached hydrogen (secondary N) is 1. The maximum Gasteiger partial charge on any atom is 0.256 e. The largest absolute Gasteiger partial charge is 0.384 e. The van der Waals surface area contributed by atoms with Crippen molar-refractivity contribution in [2.75, 3.05) is 5.32 Å². The zero-order chi connectivity index (χ0) is 20.4. The van der Waals surface area contributed by atoms with Gasteiger partial charge in [0, 0.05) is 32.2 Å². The predicted octanol–water partition coefficient (Wildman–Crippen LogP) is 6.48. The number of hydrogen-bond donors (Lipinski definition) is 2. The molecule has 1 atom stereocenters. The summed E-state index contributed by atoms with van der Waals surface area (Å²) in [6.45, 7) is 0. The van der Waals surface area contributed by atoms with Gasteiger partial charge in [-0.25, -0.2) is 0 Å². The monoisotopic (exact) mass is 421 g/mol. The molecule has 0 heterocycles. The highest BCUT2D eigenvalue weighted by Gasteiger charge is 2.18. The van der Waals surface area contributed by atoms with Gasteiger partial charge in [-0.15, -0.1) is 0 Å². The molecule has 4 aromatic rings. The van der Waals surface area contributed by atoms with Crippen LogP contribution in [0.5, 0.6) is 0 Å². The van der Waals surface area contributed by atoms with E-state index in [9.17, 15) is 9.90 Å². The van der Waals surface area contributed by atoms with Gasteiger partial charge in [-0.05, 0) is 41.3 Å². The van der Waals surface area contributed by atoms with Crippen LogP contribution in [0.4, 0.5) is 5.69 Å². The van der Waals surface area contributed by atoms with Crippen LogP contribution >= 0.6 is 23.2 Å². The van der Waals surface area contributed by atoms with E-state index in [2.05, 4.69) is 5.32 Å². The Labute approximate surface area is 178 Å². The Morgan fingerprint density at radius 2 is 1.55 bits per heavy atom. The number of aliphatic hydroxyl groups excluding tert-OH is 1. The molecular weight excluding hydrogens is 405 g/mol. The maximum absolute atomic E-state index is 13.1. The molecule has 0 aromatic heterocycles. The average molecular weight is 422 g/mol. The van der Waals surface area contributed by atoms with Gasteiger partial charge in [0.25, 0.3) is 5.91 Å². The standard InChI is InChI=1S/C24H17Cl2NO2/c25-16-12-13-22(20(14-16)23(28)15-6-2-1-3-7-15)27-24(29)19-10-4-9-18-17(19)8-5-11-21(18)26/h1-14,23,28H,(H,27,29)/t23-/m0/s1. The van der Waals surface area contributed by atoms with Crippen LogP contribution in [-0.2, 0) is 0 Å². The lowest BCUT2D eigenvalue weighted by Gasteiger charge is -2.17. The Morgan fingerprint density at radius 1 is 0.828 bits per heavy atom. The Morgan fingerprint density at radius 3 is 2.34 bits per heavy atom. The number of amides is 1. The Kier molecular flexibility index (Phi) is 5.54. The van der Waals surface area contributed by atoms with Crippen molar-refractivity contribution in [1.29, 1.82) is 0 Å². The van der Waals surface area contributed by atoms with E-state index in [1.54, 1.807) is 36.4 Å². The molecule has 0 saturated heterocycles. The highest BCUT2D eigenvalue weighted by atomic mass is 35.5. The zero-order valence-corrected chi connectivity index (χ0v) is 16.8. The van der Waals surface area contributed by atoms with E-state index < -0.39 is 6.10 Å². The van der Waals surface area contributed by atoms with E-state index >= 15 is 0 Å². The van der Waals surface area contributed by atoms with Crippen LogP contribution in [0, 0.1) is 0 Å².